The van der Waals surface area contributed by atoms with E-state index in [1.807, 2.05) is 31.2 Å². The first kappa shape index (κ1) is 17.5. The predicted molar refractivity (Wildman–Crippen MR) is 90.2 cm³/mol. The molecule has 1 saturated heterocycles. The number of thioether (sulfide) groups is 1. The number of hydrogen-bond donors (Lipinski definition) is 1. The molecule has 0 aromatic heterocycles. The number of amides is 2. The number of nitrogens with one attached hydrogen (secondary N) is 1. The second-order valence-corrected chi connectivity index (χ2v) is 6.00. The van der Waals surface area contributed by atoms with Crippen LogP contribution >= 0.6 is 11.8 Å². The van der Waals surface area contributed by atoms with Crippen molar-refractivity contribution in [2.75, 3.05) is 38.6 Å². The van der Waals surface area contributed by atoms with Gasteiger partial charge in [-0.1, -0.05) is 11.8 Å². The van der Waals surface area contributed by atoms with Gasteiger partial charge in [0.1, 0.15) is 18.1 Å². The topological polar surface area (TPSA) is 67.9 Å². The molecular weight excluding hydrogens is 316 g/mol. The molecule has 23 heavy (non-hydrogen) atoms. The minimum atomic E-state index is -0.0648. The lowest BCUT2D eigenvalue weighted by Crippen LogP contribution is -2.32. The quantitative estimate of drug-likeness (QED) is 0.699. The molecule has 0 saturated carbocycles. The van der Waals surface area contributed by atoms with Crippen molar-refractivity contribution in [2.24, 2.45) is 0 Å². The average molecular weight is 338 g/mol. The summed E-state index contributed by atoms with van der Waals surface area (Å²) in [6, 6.07) is 7.37. The molecule has 2 amide bonds. The minimum Gasteiger partial charge on any atom is -0.494 e. The Balaban J connectivity index is 1.57. The molecule has 1 heterocycles. The summed E-state index contributed by atoms with van der Waals surface area (Å²) in [7, 11) is 0. The summed E-state index contributed by atoms with van der Waals surface area (Å²) in [5.74, 6) is 2.30. The highest BCUT2D eigenvalue weighted by Gasteiger charge is 2.21. The molecule has 1 aliphatic rings. The van der Waals surface area contributed by atoms with Crippen LogP contribution in [0.1, 0.15) is 13.3 Å². The number of rotatable bonds is 9. The highest BCUT2D eigenvalue weighted by Crippen LogP contribution is 2.18. The maximum absolute atomic E-state index is 11.7. The van der Waals surface area contributed by atoms with Crippen LogP contribution in [0.4, 0.5) is 4.79 Å². The second-order valence-electron chi connectivity index (χ2n) is 4.95. The van der Waals surface area contributed by atoms with Gasteiger partial charge in [-0.25, -0.2) is 0 Å². The molecular formula is C16H22N2O4S. The van der Waals surface area contributed by atoms with Crippen LogP contribution in [0.25, 0.3) is 0 Å². The number of benzene rings is 1. The zero-order chi connectivity index (χ0) is 16.5. The number of nitrogens with zero attached hydrogens (tertiary/aromatic N) is 1. The molecule has 0 aliphatic carbocycles. The normalized spacial score (nSPS) is 14.0. The van der Waals surface area contributed by atoms with Crippen LogP contribution in [0.3, 0.4) is 0 Å². The van der Waals surface area contributed by atoms with E-state index in [9.17, 15) is 9.59 Å². The molecule has 1 aromatic carbocycles. The standard InChI is InChI=1S/C16H22N2O4S/c1-2-21-13-3-5-14(6-4-13)22-11-8-17-15(19)7-9-18-10-12-23-16(18)20/h3-6H,2,7-12H2,1H3,(H,17,19). The van der Waals surface area contributed by atoms with Crippen LogP contribution in [0.2, 0.25) is 0 Å². The maximum Gasteiger partial charge on any atom is 0.281 e. The predicted octanol–water partition coefficient (Wildman–Crippen LogP) is 2.14. The third-order valence-electron chi connectivity index (χ3n) is 3.28. The Morgan fingerprint density at radius 1 is 1.26 bits per heavy atom. The Bertz CT molecular complexity index is 521. The van der Waals surface area contributed by atoms with E-state index < -0.39 is 0 Å². The maximum atomic E-state index is 11.7. The van der Waals surface area contributed by atoms with Crippen LogP contribution in [-0.2, 0) is 4.79 Å². The van der Waals surface area contributed by atoms with Gasteiger partial charge in [0.15, 0.2) is 0 Å². The molecule has 2 rings (SSSR count). The highest BCUT2D eigenvalue weighted by molar-refractivity contribution is 8.13. The number of carbonyl (C=O) groups is 2. The largest absolute Gasteiger partial charge is 0.494 e. The Morgan fingerprint density at radius 3 is 2.57 bits per heavy atom. The molecule has 6 nitrogen and oxygen atoms in total. The first-order valence-electron chi connectivity index (χ1n) is 7.73. The van der Waals surface area contributed by atoms with Gasteiger partial charge in [0, 0.05) is 25.3 Å². The van der Waals surface area contributed by atoms with Crippen molar-refractivity contribution in [1.29, 1.82) is 0 Å². The zero-order valence-electron chi connectivity index (χ0n) is 13.2. The summed E-state index contributed by atoms with van der Waals surface area (Å²) in [4.78, 5) is 24.8. The minimum absolute atomic E-state index is 0.0648. The van der Waals surface area contributed by atoms with E-state index in [0.717, 1.165) is 23.8 Å². The Labute approximate surface area is 140 Å². The zero-order valence-corrected chi connectivity index (χ0v) is 14.1. The monoisotopic (exact) mass is 338 g/mol. The van der Waals surface area contributed by atoms with Crippen LogP contribution < -0.4 is 14.8 Å². The van der Waals surface area contributed by atoms with Crippen molar-refractivity contribution in [3.8, 4) is 11.5 Å². The molecule has 0 spiro atoms. The van der Waals surface area contributed by atoms with Crippen LogP contribution in [0.15, 0.2) is 24.3 Å². The number of carbonyl (C=O) groups excluding carboxylic acids is 2. The lowest BCUT2D eigenvalue weighted by Gasteiger charge is -2.14. The van der Waals surface area contributed by atoms with Crippen LogP contribution in [0, 0.1) is 0 Å². The molecule has 1 aliphatic heterocycles. The average Bonchev–Trinajstić information content (AvgIpc) is 2.96. The Kier molecular flexibility index (Phi) is 7.06. The molecule has 1 N–H and O–H groups in total. The summed E-state index contributed by atoms with van der Waals surface area (Å²) in [6.07, 6.45) is 0.329. The summed E-state index contributed by atoms with van der Waals surface area (Å²) in [5, 5.41) is 2.86. The molecule has 1 aromatic rings. The van der Waals surface area contributed by atoms with Gasteiger partial charge in [0.25, 0.3) is 5.24 Å². The third-order valence-corrected chi connectivity index (χ3v) is 4.17. The third kappa shape index (κ3) is 6.02. The van der Waals surface area contributed by atoms with Crippen LogP contribution in [-0.4, -0.2) is 54.6 Å². The molecule has 1 fully saturated rings. The Morgan fingerprint density at radius 2 is 1.96 bits per heavy atom. The lowest BCUT2D eigenvalue weighted by molar-refractivity contribution is -0.121. The van der Waals surface area contributed by atoms with E-state index in [1.165, 1.54) is 11.8 Å². The van der Waals surface area contributed by atoms with Gasteiger partial charge in [-0.3, -0.25) is 9.59 Å². The van der Waals surface area contributed by atoms with Gasteiger partial charge in [0.05, 0.1) is 13.2 Å². The van der Waals surface area contributed by atoms with Crippen molar-refractivity contribution in [3.63, 3.8) is 0 Å². The lowest BCUT2D eigenvalue weighted by atomic mass is 10.3. The fourth-order valence-electron chi connectivity index (χ4n) is 2.11. The first-order chi connectivity index (χ1) is 11.2. The Hall–Kier alpha value is -1.89. The van der Waals surface area contributed by atoms with E-state index in [1.54, 1.807) is 4.90 Å². The summed E-state index contributed by atoms with van der Waals surface area (Å²) >= 11 is 1.31. The van der Waals surface area contributed by atoms with Crippen molar-refractivity contribution in [1.82, 2.24) is 10.2 Å². The smallest absolute Gasteiger partial charge is 0.281 e. The van der Waals surface area contributed by atoms with Gasteiger partial charge in [-0.2, -0.15) is 0 Å². The molecule has 126 valence electrons. The highest BCUT2D eigenvalue weighted by atomic mass is 32.2. The summed E-state index contributed by atoms with van der Waals surface area (Å²) in [6.45, 7) is 4.63. The SMILES string of the molecule is CCOc1ccc(OCCNC(=O)CCN2CCSC2=O)cc1. The van der Waals surface area contributed by atoms with E-state index >= 15 is 0 Å². The first-order valence-corrected chi connectivity index (χ1v) is 8.71. The second kappa shape index (κ2) is 9.29. The van der Waals surface area contributed by atoms with Crippen molar-refractivity contribution in [3.05, 3.63) is 24.3 Å². The van der Waals surface area contributed by atoms with Crippen molar-refractivity contribution < 1.29 is 19.1 Å². The van der Waals surface area contributed by atoms with Gasteiger partial charge < -0.3 is 19.7 Å². The van der Waals surface area contributed by atoms with E-state index in [4.69, 9.17) is 9.47 Å². The summed E-state index contributed by atoms with van der Waals surface area (Å²) < 4.78 is 10.9. The fourth-order valence-corrected chi connectivity index (χ4v) is 2.96. The number of ether oxygens (including phenoxy) is 2. The van der Waals surface area contributed by atoms with Crippen molar-refractivity contribution >= 4 is 22.9 Å². The fraction of sp³-hybridized carbons (Fsp3) is 0.500. The van der Waals surface area contributed by atoms with Crippen molar-refractivity contribution in [2.45, 2.75) is 13.3 Å². The van der Waals surface area contributed by atoms with Gasteiger partial charge in [-0.05, 0) is 31.2 Å². The van der Waals surface area contributed by atoms with E-state index in [2.05, 4.69) is 5.32 Å². The van der Waals surface area contributed by atoms with Gasteiger partial charge in [0.2, 0.25) is 5.91 Å². The van der Waals surface area contributed by atoms with Gasteiger partial charge in [-0.15, -0.1) is 0 Å². The molecule has 0 unspecified atom stereocenters. The molecule has 0 bridgehead atoms. The van der Waals surface area contributed by atoms with Crippen LogP contribution in [0.5, 0.6) is 11.5 Å². The molecule has 0 atom stereocenters. The summed E-state index contributed by atoms with van der Waals surface area (Å²) in [5.41, 5.74) is 0. The molecule has 7 heteroatoms. The molecule has 0 radical (unpaired) electrons. The number of hydrogen-bond acceptors (Lipinski definition) is 5. The van der Waals surface area contributed by atoms with E-state index in [0.29, 0.717) is 32.7 Å². The van der Waals surface area contributed by atoms with E-state index in [-0.39, 0.29) is 11.1 Å². The van der Waals surface area contributed by atoms with Gasteiger partial charge >= 0.3 is 0 Å².